The van der Waals surface area contributed by atoms with Crippen molar-refractivity contribution >= 4 is 33.7 Å². The predicted molar refractivity (Wildman–Crippen MR) is 118 cm³/mol. The second-order valence-electron chi connectivity index (χ2n) is 8.77. The van der Waals surface area contributed by atoms with Crippen molar-refractivity contribution in [2.45, 2.75) is 74.6 Å². The molecule has 3 aliphatic heterocycles. The Morgan fingerprint density at radius 2 is 2.13 bits per heavy atom. The summed E-state index contributed by atoms with van der Waals surface area (Å²) in [5, 5.41) is 19.9. The molecule has 174 valence electrons. The number of ether oxygens (including phenoxy) is 1. The largest absolute Gasteiger partial charge is 0.481 e. The van der Waals surface area contributed by atoms with Gasteiger partial charge in [0.1, 0.15) is 11.6 Å². The van der Waals surface area contributed by atoms with E-state index in [-0.39, 0.29) is 17.3 Å². The lowest BCUT2D eigenvalue weighted by molar-refractivity contribution is -0.153. The number of likely N-dealkylation sites (tertiary alicyclic amines) is 1. The van der Waals surface area contributed by atoms with Crippen LogP contribution in [0.3, 0.4) is 0 Å². The van der Waals surface area contributed by atoms with Gasteiger partial charge in [-0.15, -0.1) is 6.58 Å². The molecule has 0 radical (unpaired) electrons. The number of amides is 2. The van der Waals surface area contributed by atoms with Crippen LogP contribution in [0.2, 0.25) is 0 Å². The first-order valence-electron chi connectivity index (χ1n) is 11.2. The summed E-state index contributed by atoms with van der Waals surface area (Å²) in [5.41, 5.74) is -1.21. The molecule has 2 bridgehead atoms. The molecule has 3 saturated heterocycles. The summed E-state index contributed by atoms with van der Waals surface area (Å²) < 4.78 is 6.25. The van der Waals surface area contributed by atoms with Gasteiger partial charge in [0, 0.05) is 17.9 Å². The van der Waals surface area contributed by atoms with Crippen LogP contribution in [0.15, 0.2) is 12.7 Å². The maximum Gasteiger partial charge on any atom is 0.310 e. The summed E-state index contributed by atoms with van der Waals surface area (Å²) in [5.74, 6) is -3.70. The Balaban J connectivity index is 2.05. The first-order chi connectivity index (χ1) is 14.8. The summed E-state index contributed by atoms with van der Waals surface area (Å²) in [7, 11) is 0. The molecule has 3 heterocycles. The molecule has 0 aromatic heterocycles. The van der Waals surface area contributed by atoms with Crippen LogP contribution in [-0.4, -0.2) is 86.1 Å². The third kappa shape index (κ3) is 3.82. The molecular formula is C22H33BrN2O6. The first kappa shape index (κ1) is 24.2. The van der Waals surface area contributed by atoms with Gasteiger partial charge in [0.15, 0.2) is 0 Å². The minimum absolute atomic E-state index is 0.255. The topological polar surface area (TPSA) is 107 Å². The molecule has 0 aliphatic carbocycles. The van der Waals surface area contributed by atoms with Gasteiger partial charge in [-0.05, 0) is 19.3 Å². The van der Waals surface area contributed by atoms with Crippen molar-refractivity contribution < 1.29 is 29.3 Å². The number of halogens is 1. The van der Waals surface area contributed by atoms with Crippen LogP contribution in [0.25, 0.3) is 0 Å². The lowest BCUT2D eigenvalue weighted by atomic mass is 9.70. The van der Waals surface area contributed by atoms with E-state index >= 15 is 0 Å². The summed E-state index contributed by atoms with van der Waals surface area (Å²) in [6.07, 6.45) is 4.63. The molecule has 2 amide bonds. The van der Waals surface area contributed by atoms with Gasteiger partial charge >= 0.3 is 5.97 Å². The third-order valence-electron chi connectivity index (χ3n) is 7.01. The van der Waals surface area contributed by atoms with E-state index < -0.39 is 47.5 Å². The fourth-order valence-electron chi connectivity index (χ4n) is 5.61. The fraction of sp³-hybridized carbons (Fsp3) is 0.773. The number of aliphatic carboxylic acids is 1. The zero-order valence-electron chi connectivity index (χ0n) is 18.2. The van der Waals surface area contributed by atoms with E-state index in [9.17, 15) is 24.6 Å². The summed E-state index contributed by atoms with van der Waals surface area (Å²) in [6.45, 7) is 8.25. The summed E-state index contributed by atoms with van der Waals surface area (Å²) in [6, 6.07) is -1.54. The highest BCUT2D eigenvalue weighted by Gasteiger charge is 2.77. The molecule has 3 aliphatic rings. The lowest BCUT2D eigenvalue weighted by Crippen LogP contribution is -2.59. The number of hydrogen-bond acceptors (Lipinski definition) is 5. The Hall–Kier alpha value is -1.45. The van der Waals surface area contributed by atoms with E-state index in [1.165, 1.54) is 4.90 Å². The Morgan fingerprint density at radius 1 is 1.42 bits per heavy atom. The maximum atomic E-state index is 13.9. The minimum Gasteiger partial charge on any atom is -0.481 e. The number of unbranched alkanes of at least 4 members (excludes halogenated alkanes) is 2. The molecule has 31 heavy (non-hydrogen) atoms. The Labute approximate surface area is 191 Å². The van der Waals surface area contributed by atoms with E-state index in [1.807, 2.05) is 6.92 Å². The number of aliphatic hydroxyl groups excluding tert-OH is 1. The van der Waals surface area contributed by atoms with E-state index in [4.69, 9.17) is 4.74 Å². The average Bonchev–Trinajstić information content (AvgIpc) is 3.32. The maximum absolute atomic E-state index is 13.9. The number of alkyl halides is 1. The molecule has 1 spiro atoms. The highest BCUT2D eigenvalue weighted by atomic mass is 79.9. The molecule has 3 fully saturated rings. The number of aliphatic hydroxyl groups is 1. The van der Waals surface area contributed by atoms with Crippen molar-refractivity contribution in [2.75, 3.05) is 19.7 Å². The highest BCUT2D eigenvalue weighted by Crippen LogP contribution is 2.60. The Kier molecular flexibility index (Phi) is 7.48. The number of nitrogens with zero attached hydrogens (tertiary/aromatic N) is 2. The summed E-state index contributed by atoms with van der Waals surface area (Å²) in [4.78, 5) is 42.4. The van der Waals surface area contributed by atoms with Crippen LogP contribution in [0.1, 0.15) is 46.0 Å². The highest BCUT2D eigenvalue weighted by molar-refractivity contribution is 9.09. The van der Waals surface area contributed by atoms with Crippen molar-refractivity contribution in [3.05, 3.63) is 12.7 Å². The van der Waals surface area contributed by atoms with Crippen molar-refractivity contribution in [3.63, 3.8) is 0 Å². The van der Waals surface area contributed by atoms with E-state index in [2.05, 4.69) is 29.4 Å². The molecule has 7 atom stereocenters. The first-order valence-corrected chi connectivity index (χ1v) is 12.1. The van der Waals surface area contributed by atoms with Crippen LogP contribution in [0, 0.1) is 11.8 Å². The van der Waals surface area contributed by atoms with E-state index in [0.717, 1.165) is 19.3 Å². The second kappa shape index (κ2) is 9.58. The molecule has 3 rings (SSSR count). The number of carboxylic acids is 1. The minimum atomic E-state index is -1.21. The van der Waals surface area contributed by atoms with Crippen molar-refractivity contribution in [1.29, 1.82) is 0 Å². The molecule has 9 heteroatoms. The van der Waals surface area contributed by atoms with Gasteiger partial charge < -0.3 is 24.7 Å². The Morgan fingerprint density at radius 3 is 2.68 bits per heavy atom. The quantitative estimate of drug-likeness (QED) is 0.254. The average molecular weight is 501 g/mol. The monoisotopic (exact) mass is 500 g/mol. The van der Waals surface area contributed by atoms with E-state index in [1.54, 1.807) is 11.0 Å². The molecule has 0 aromatic rings. The third-order valence-corrected chi connectivity index (χ3v) is 7.86. The molecular weight excluding hydrogens is 468 g/mol. The van der Waals surface area contributed by atoms with Crippen molar-refractivity contribution in [1.82, 2.24) is 9.80 Å². The second-order valence-corrected chi connectivity index (χ2v) is 9.95. The van der Waals surface area contributed by atoms with Gasteiger partial charge in [-0.2, -0.15) is 0 Å². The smallest absolute Gasteiger partial charge is 0.310 e. The van der Waals surface area contributed by atoms with Gasteiger partial charge in [0.05, 0.1) is 30.6 Å². The van der Waals surface area contributed by atoms with Crippen molar-refractivity contribution in [2.24, 2.45) is 11.8 Å². The van der Waals surface area contributed by atoms with Crippen LogP contribution in [0.5, 0.6) is 0 Å². The van der Waals surface area contributed by atoms with Gasteiger partial charge in [-0.25, -0.2) is 0 Å². The number of hydrogen-bond donors (Lipinski definition) is 2. The van der Waals surface area contributed by atoms with E-state index in [0.29, 0.717) is 25.9 Å². The van der Waals surface area contributed by atoms with Gasteiger partial charge in [0.25, 0.3) is 0 Å². The number of carbonyl (C=O) groups is 3. The molecule has 1 unspecified atom stereocenters. The lowest BCUT2D eigenvalue weighted by Gasteiger charge is -2.39. The number of carbonyl (C=O) groups excluding carboxylic acids is 2. The molecule has 0 saturated carbocycles. The zero-order valence-corrected chi connectivity index (χ0v) is 19.8. The molecule has 8 nitrogen and oxygen atoms in total. The number of carboxylic acid groups (broad SMARTS) is 1. The number of fused-ring (bicyclic) bond motifs is 1. The summed E-state index contributed by atoms with van der Waals surface area (Å²) >= 11 is 3.53. The van der Waals surface area contributed by atoms with Crippen molar-refractivity contribution in [3.8, 4) is 0 Å². The fourth-order valence-corrected chi connectivity index (χ4v) is 6.55. The normalized spacial score (nSPS) is 34.6. The van der Waals surface area contributed by atoms with Crippen LogP contribution in [-0.2, 0) is 19.1 Å². The Bertz CT molecular complexity index is 729. The van der Waals surface area contributed by atoms with Gasteiger partial charge in [0.2, 0.25) is 11.8 Å². The number of rotatable bonds is 11. The van der Waals surface area contributed by atoms with Gasteiger partial charge in [-0.1, -0.05) is 48.7 Å². The van der Waals surface area contributed by atoms with Gasteiger partial charge in [-0.3, -0.25) is 14.4 Å². The molecule has 2 N–H and O–H groups in total. The standard InChI is InChI=1S/C22H33BrN2O6/c1-4-7-8-10-24(9-5-2)20(28)18-22-11-14(23)17(31-22)15(21(29)30)16(22)19(27)25(18)13(6-3)12-26/h5,13-18,26H,2,4,6-12H2,1,3H3,(H,29,30)/t13-,14?,15+,16-,17+,18+,22-/m0/s1. The van der Waals surface area contributed by atoms with Crippen LogP contribution in [0.4, 0.5) is 0 Å². The predicted octanol–water partition coefficient (Wildman–Crippen LogP) is 1.79. The zero-order chi connectivity index (χ0) is 22.9. The van der Waals surface area contributed by atoms with Crippen LogP contribution >= 0.6 is 15.9 Å². The SMILES string of the molecule is C=CCN(CCCCC)C(=O)[C@H]1N([C@@H](CC)CO)C(=O)[C@@H]2[C@@H](C(=O)O)[C@@H]3O[C@@]21CC3Br. The van der Waals surface area contributed by atoms with Crippen LogP contribution < -0.4 is 0 Å². The molecule has 0 aromatic carbocycles.